The molecule has 17 heavy (non-hydrogen) atoms. The molecule has 2 aromatic carbocycles. The summed E-state index contributed by atoms with van der Waals surface area (Å²) in [7, 11) is 0. The minimum Gasteiger partial charge on any atom is -0.0622 e. The van der Waals surface area contributed by atoms with Crippen molar-refractivity contribution >= 4 is 15.9 Å². The van der Waals surface area contributed by atoms with E-state index in [-0.39, 0.29) is 5.41 Å². The Morgan fingerprint density at radius 2 is 1.59 bits per heavy atom. The molecule has 1 heteroatoms. The van der Waals surface area contributed by atoms with Gasteiger partial charge in [0.25, 0.3) is 0 Å². The molecule has 0 heterocycles. The van der Waals surface area contributed by atoms with Crippen molar-refractivity contribution in [2.75, 3.05) is 0 Å². The van der Waals surface area contributed by atoms with Gasteiger partial charge in [-0.3, -0.25) is 0 Å². The van der Waals surface area contributed by atoms with E-state index in [9.17, 15) is 0 Å². The molecule has 0 aliphatic rings. The zero-order chi connectivity index (χ0) is 12.5. The standard InChI is InChI=1S/C16H17Br/c1-12-9-10-14(17)11-15(12)16(2,3)13-7-5-4-6-8-13/h4-11H,1-3H3. The summed E-state index contributed by atoms with van der Waals surface area (Å²) in [6.07, 6.45) is 0. The van der Waals surface area contributed by atoms with E-state index in [2.05, 4.69) is 85.2 Å². The fourth-order valence-corrected chi connectivity index (χ4v) is 2.64. The van der Waals surface area contributed by atoms with Crippen molar-refractivity contribution in [3.05, 3.63) is 69.7 Å². The van der Waals surface area contributed by atoms with Gasteiger partial charge in [-0.05, 0) is 35.7 Å². The topological polar surface area (TPSA) is 0 Å². The van der Waals surface area contributed by atoms with Crippen molar-refractivity contribution in [3.63, 3.8) is 0 Å². The second-order valence-corrected chi connectivity index (χ2v) is 5.87. The van der Waals surface area contributed by atoms with E-state index in [0.29, 0.717) is 0 Å². The highest BCUT2D eigenvalue weighted by atomic mass is 79.9. The predicted molar refractivity (Wildman–Crippen MR) is 77.4 cm³/mol. The molecule has 0 aromatic heterocycles. The van der Waals surface area contributed by atoms with Crippen LogP contribution >= 0.6 is 15.9 Å². The van der Waals surface area contributed by atoms with Crippen LogP contribution < -0.4 is 0 Å². The third-order valence-electron chi connectivity index (χ3n) is 3.37. The largest absolute Gasteiger partial charge is 0.0622 e. The van der Waals surface area contributed by atoms with Crippen molar-refractivity contribution in [3.8, 4) is 0 Å². The van der Waals surface area contributed by atoms with Crippen LogP contribution in [0.25, 0.3) is 0 Å². The van der Waals surface area contributed by atoms with E-state index in [4.69, 9.17) is 0 Å². The lowest BCUT2D eigenvalue weighted by Crippen LogP contribution is -2.20. The third kappa shape index (κ3) is 2.44. The van der Waals surface area contributed by atoms with E-state index in [1.54, 1.807) is 0 Å². The van der Waals surface area contributed by atoms with E-state index in [0.717, 1.165) is 4.47 Å². The van der Waals surface area contributed by atoms with Gasteiger partial charge in [0.2, 0.25) is 0 Å². The number of hydrogen-bond donors (Lipinski definition) is 0. The Morgan fingerprint density at radius 1 is 0.941 bits per heavy atom. The van der Waals surface area contributed by atoms with Gasteiger partial charge in [-0.2, -0.15) is 0 Å². The molecule has 2 aromatic rings. The molecule has 0 aliphatic heterocycles. The molecule has 0 saturated carbocycles. The van der Waals surface area contributed by atoms with Gasteiger partial charge in [-0.25, -0.2) is 0 Å². The average Bonchev–Trinajstić information content (AvgIpc) is 2.33. The highest BCUT2D eigenvalue weighted by Gasteiger charge is 2.24. The predicted octanol–water partition coefficient (Wildman–Crippen LogP) is 5.08. The molecule has 0 fully saturated rings. The number of rotatable bonds is 2. The number of aryl methyl sites for hydroxylation is 1. The molecule has 88 valence electrons. The average molecular weight is 289 g/mol. The van der Waals surface area contributed by atoms with Crippen molar-refractivity contribution in [2.45, 2.75) is 26.2 Å². The van der Waals surface area contributed by atoms with E-state index < -0.39 is 0 Å². The summed E-state index contributed by atoms with van der Waals surface area (Å²) in [5, 5.41) is 0. The molecule has 0 unspecified atom stereocenters. The van der Waals surface area contributed by atoms with Crippen molar-refractivity contribution < 1.29 is 0 Å². The summed E-state index contributed by atoms with van der Waals surface area (Å²) >= 11 is 3.56. The van der Waals surface area contributed by atoms with Crippen LogP contribution in [0.3, 0.4) is 0 Å². The zero-order valence-corrected chi connectivity index (χ0v) is 12.1. The van der Waals surface area contributed by atoms with Gasteiger partial charge < -0.3 is 0 Å². The zero-order valence-electron chi connectivity index (χ0n) is 10.5. The van der Waals surface area contributed by atoms with E-state index in [1.165, 1.54) is 16.7 Å². The summed E-state index contributed by atoms with van der Waals surface area (Å²) < 4.78 is 1.14. The highest BCUT2D eigenvalue weighted by Crippen LogP contribution is 2.34. The van der Waals surface area contributed by atoms with E-state index >= 15 is 0 Å². The number of halogens is 1. The molecule has 0 radical (unpaired) electrons. The first kappa shape index (κ1) is 12.4. The first-order valence-corrected chi connectivity index (χ1v) is 6.63. The van der Waals surface area contributed by atoms with Crippen LogP contribution in [0.2, 0.25) is 0 Å². The first-order valence-electron chi connectivity index (χ1n) is 5.84. The minimum atomic E-state index is 0.0368. The Kier molecular flexibility index (Phi) is 3.39. The Morgan fingerprint density at radius 3 is 2.24 bits per heavy atom. The SMILES string of the molecule is Cc1ccc(Br)cc1C(C)(C)c1ccccc1. The minimum absolute atomic E-state index is 0.0368. The summed E-state index contributed by atoms with van der Waals surface area (Å²) in [5.74, 6) is 0. The lowest BCUT2D eigenvalue weighted by molar-refractivity contribution is 0.635. The molecule has 0 nitrogen and oxygen atoms in total. The molecule has 0 saturated heterocycles. The molecule has 0 atom stereocenters. The number of hydrogen-bond acceptors (Lipinski definition) is 0. The van der Waals surface area contributed by atoms with Gasteiger partial charge in [0.1, 0.15) is 0 Å². The maximum absolute atomic E-state index is 3.56. The van der Waals surface area contributed by atoms with Gasteiger partial charge in [-0.15, -0.1) is 0 Å². The molecule has 0 amide bonds. The van der Waals surface area contributed by atoms with Crippen molar-refractivity contribution in [1.29, 1.82) is 0 Å². The molecular formula is C16H17Br. The second kappa shape index (κ2) is 4.66. The summed E-state index contributed by atoms with van der Waals surface area (Å²) in [4.78, 5) is 0. The molecular weight excluding hydrogens is 272 g/mol. The highest BCUT2D eigenvalue weighted by molar-refractivity contribution is 9.10. The van der Waals surface area contributed by atoms with Gasteiger partial charge in [0, 0.05) is 9.89 Å². The quantitative estimate of drug-likeness (QED) is 0.723. The van der Waals surface area contributed by atoms with Crippen LogP contribution in [-0.2, 0) is 5.41 Å². The smallest absolute Gasteiger partial charge is 0.0178 e. The number of benzene rings is 2. The van der Waals surface area contributed by atoms with Crippen LogP contribution in [0.1, 0.15) is 30.5 Å². The fourth-order valence-electron chi connectivity index (χ4n) is 2.28. The Labute approximate surface area is 112 Å². The normalized spacial score (nSPS) is 11.5. The Hall–Kier alpha value is -1.08. The van der Waals surface area contributed by atoms with Gasteiger partial charge >= 0.3 is 0 Å². The third-order valence-corrected chi connectivity index (χ3v) is 3.86. The molecule has 0 aliphatic carbocycles. The maximum Gasteiger partial charge on any atom is 0.0178 e. The first-order chi connectivity index (χ1) is 8.01. The van der Waals surface area contributed by atoms with Crippen molar-refractivity contribution in [2.24, 2.45) is 0 Å². The maximum atomic E-state index is 3.56. The lowest BCUT2D eigenvalue weighted by Gasteiger charge is -2.28. The molecule has 0 N–H and O–H groups in total. The fraction of sp³-hybridized carbons (Fsp3) is 0.250. The lowest BCUT2D eigenvalue weighted by atomic mass is 9.76. The second-order valence-electron chi connectivity index (χ2n) is 4.95. The summed E-state index contributed by atoms with van der Waals surface area (Å²) in [6.45, 7) is 6.72. The van der Waals surface area contributed by atoms with Crippen molar-refractivity contribution in [1.82, 2.24) is 0 Å². The summed E-state index contributed by atoms with van der Waals surface area (Å²) in [6, 6.07) is 17.1. The van der Waals surface area contributed by atoms with Crippen LogP contribution in [0.15, 0.2) is 53.0 Å². The van der Waals surface area contributed by atoms with Crippen LogP contribution in [0.4, 0.5) is 0 Å². The molecule has 0 bridgehead atoms. The molecule has 0 spiro atoms. The monoisotopic (exact) mass is 288 g/mol. The van der Waals surface area contributed by atoms with Gasteiger partial charge in [0.15, 0.2) is 0 Å². The Bertz CT molecular complexity index is 512. The Balaban J connectivity index is 2.55. The molecule has 2 rings (SSSR count). The van der Waals surface area contributed by atoms with Crippen LogP contribution in [0, 0.1) is 6.92 Å². The van der Waals surface area contributed by atoms with Crippen LogP contribution in [-0.4, -0.2) is 0 Å². The van der Waals surface area contributed by atoms with Crippen LogP contribution in [0.5, 0.6) is 0 Å². The van der Waals surface area contributed by atoms with E-state index in [1.807, 2.05) is 0 Å². The summed E-state index contributed by atoms with van der Waals surface area (Å²) in [5.41, 5.74) is 4.09. The van der Waals surface area contributed by atoms with Gasteiger partial charge in [-0.1, -0.05) is 66.2 Å². The van der Waals surface area contributed by atoms with Gasteiger partial charge in [0.05, 0.1) is 0 Å².